The summed E-state index contributed by atoms with van der Waals surface area (Å²) in [6.07, 6.45) is 4.21. The van der Waals surface area contributed by atoms with Crippen molar-refractivity contribution in [3.05, 3.63) is 83.9 Å². The zero-order chi connectivity index (χ0) is 20.2. The largest absolute Gasteiger partial charge is 0.335 e. The Kier molecular flexibility index (Phi) is 5.42. The molecule has 29 heavy (non-hydrogen) atoms. The fourth-order valence-electron chi connectivity index (χ4n) is 3.59. The van der Waals surface area contributed by atoms with Gasteiger partial charge < -0.3 is 9.80 Å². The van der Waals surface area contributed by atoms with E-state index in [0.29, 0.717) is 37.4 Å². The van der Waals surface area contributed by atoms with Gasteiger partial charge in [0, 0.05) is 37.4 Å². The monoisotopic (exact) mass is 388 g/mol. The van der Waals surface area contributed by atoms with E-state index in [9.17, 15) is 9.59 Å². The third kappa shape index (κ3) is 3.92. The van der Waals surface area contributed by atoms with Gasteiger partial charge in [0.25, 0.3) is 11.8 Å². The zero-order valence-corrected chi connectivity index (χ0v) is 16.5. The number of rotatable bonds is 4. The highest BCUT2D eigenvalue weighted by Crippen LogP contribution is 2.16. The minimum atomic E-state index is -0.0641. The van der Waals surface area contributed by atoms with Crippen molar-refractivity contribution in [2.45, 2.75) is 13.3 Å². The zero-order valence-electron chi connectivity index (χ0n) is 16.5. The fraction of sp³-hybridized carbons (Fsp3) is 0.261. The van der Waals surface area contributed by atoms with E-state index >= 15 is 0 Å². The van der Waals surface area contributed by atoms with Crippen molar-refractivity contribution in [2.75, 3.05) is 26.2 Å². The van der Waals surface area contributed by atoms with Crippen molar-refractivity contribution in [1.82, 2.24) is 19.4 Å². The average molecular weight is 388 g/mol. The van der Waals surface area contributed by atoms with Crippen molar-refractivity contribution in [2.24, 2.45) is 0 Å². The highest BCUT2D eigenvalue weighted by Gasteiger charge is 2.27. The van der Waals surface area contributed by atoms with E-state index in [4.69, 9.17) is 0 Å². The number of carbonyl (C=O) groups excluding carboxylic acids is 2. The number of nitrogens with zero attached hydrogens (tertiary/aromatic N) is 4. The molecule has 0 spiro atoms. The fourth-order valence-corrected chi connectivity index (χ4v) is 3.59. The quantitative estimate of drug-likeness (QED) is 0.690. The van der Waals surface area contributed by atoms with Crippen molar-refractivity contribution < 1.29 is 9.59 Å². The predicted molar refractivity (Wildman–Crippen MR) is 111 cm³/mol. The number of aryl methyl sites for hydroxylation is 1. The first kappa shape index (κ1) is 18.9. The Balaban J connectivity index is 1.42. The van der Waals surface area contributed by atoms with Crippen molar-refractivity contribution >= 4 is 11.8 Å². The van der Waals surface area contributed by atoms with Crippen molar-refractivity contribution in [1.29, 1.82) is 0 Å². The number of benzene rings is 2. The maximum atomic E-state index is 13.0. The molecule has 6 nitrogen and oxygen atoms in total. The summed E-state index contributed by atoms with van der Waals surface area (Å²) in [5, 5.41) is 0. The van der Waals surface area contributed by atoms with E-state index in [1.54, 1.807) is 22.0 Å². The second kappa shape index (κ2) is 8.31. The van der Waals surface area contributed by atoms with Gasteiger partial charge in [-0.2, -0.15) is 0 Å². The van der Waals surface area contributed by atoms with Gasteiger partial charge in [0.15, 0.2) is 0 Å². The molecule has 0 N–H and O–H groups in total. The Hall–Kier alpha value is -3.41. The second-order valence-corrected chi connectivity index (χ2v) is 7.12. The molecule has 0 aliphatic carbocycles. The third-order valence-corrected chi connectivity index (χ3v) is 5.36. The summed E-state index contributed by atoms with van der Waals surface area (Å²) in [6.45, 7) is 4.17. The minimum Gasteiger partial charge on any atom is -0.335 e. The lowest BCUT2D eigenvalue weighted by atomic mass is 10.1. The van der Waals surface area contributed by atoms with Crippen LogP contribution in [0.1, 0.15) is 33.3 Å². The first-order chi connectivity index (χ1) is 14.2. The molecule has 1 aliphatic heterocycles. The molecular weight excluding hydrogens is 364 g/mol. The smallest absolute Gasteiger partial charge is 0.272 e. The predicted octanol–water partition coefficient (Wildman–Crippen LogP) is 3.03. The molecule has 0 bridgehead atoms. The second-order valence-electron chi connectivity index (χ2n) is 7.12. The summed E-state index contributed by atoms with van der Waals surface area (Å²) in [6, 6.07) is 17.5. The number of hydrogen-bond donors (Lipinski definition) is 0. The molecule has 148 valence electrons. The van der Waals surface area contributed by atoms with Crippen LogP contribution in [0.4, 0.5) is 0 Å². The Morgan fingerprint density at radius 3 is 2.10 bits per heavy atom. The summed E-state index contributed by atoms with van der Waals surface area (Å²) < 4.78 is 1.80. The topological polar surface area (TPSA) is 58.4 Å². The molecule has 4 rings (SSSR count). The molecule has 2 aromatic carbocycles. The van der Waals surface area contributed by atoms with E-state index in [2.05, 4.69) is 11.9 Å². The molecule has 2 amide bonds. The van der Waals surface area contributed by atoms with Crippen LogP contribution in [0.3, 0.4) is 0 Å². The maximum Gasteiger partial charge on any atom is 0.272 e. The number of aromatic nitrogens is 2. The van der Waals surface area contributed by atoms with Crippen LogP contribution in [0.15, 0.2) is 67.1 Å². The van der Waals surface area contributed by atoms with E-state index in [-0.39, 0.29) is 11.8 Å². The molecule has 6 heteroatoms. The van der Waals surface area contributed by atoms with Crippen LogP contribution in [0.25, 0.3) is 5.69 Å². The van der Waals surface area contributed by atoms with E-state index in [0.717, 1.165) is 12.1 Å². The average Bonchev–Trinajstić information content (AvgIpc) is 3.29. The summed E-state index contributed by atoms with van der Waals surface area (Å²) in [4.78, 5) is 33.6. The number of amides is 2. The van der Waals surface area contributed by atoms with Crippen molar-refractivity contribution in [3.63, 3.8) is 0 Å². The molecule has 1 saturated heterocycles. The third-order valence-electron chi connectivity index (χ3n) is 5.36. The lowest BCUT2D eigenvalue weighted by molar-refractivity contribution is 0.0531. The van der Waals surface area contributed by atoms with Gasteiger partial charge in [-0.3, -0.25) is 14.2 Å². The molecule has 0 unspecified atom stereocenters. The van der Waals surface area contributed by atoms with Gasteiger partial charge in [0.2, 0.25) is 0 Å². The molecule has 0 saturated carbocycles. The Labute approximate surface area is 170 Å². The highest BCUT2D eigenvalue weighted by molar-refractivity contribution is 5.95. The molecule has 1 fully saturated rings. The van der Waals surface area contributed by atoms with Crippen LogP contribution in [0, 0.1) is 0 Å². The molecule has 0 atom stereocenters. The SMILES string of the molecule is CCc1ccc(C(=O)N2CCN(C(=O)c3cncn3-c3ccccc3)CC2)cc1. The number of imidazole rings is 1. The van der Waals surface area contributed by atoms with Gasteiger partial charge in [-0.15, -0.1) is 0 Å². The molecule has 0 radical (unpaired) electrons. The standard InChI is InChI=1S/C23H24N4O2/c1-2-18-8-10-19(11-9-18)22(28)25-12-14-26(15-13-25)23(29)21-16-24-17-27(21)20-6-4-3-5-7-20/h3-11,16-17H,2,12-15H2,1H3. The van der Waals surface area contributed by atoms with E-state index in [1.165, 1.54) is 5.56 Å². The molecule has 1 aromatic heterocycles. The van der Waals surface area contributed by atoms with Gasteiger partial charge in [-0.05, 0) is 36.2 Å². The van der Waals surface area contributed by atoms with Gasteiger partial charge in [0.1, 0.15) is 5.69 Å². The van der Waals surface area contributed by atoms with Crippen LogP contribution < -0.4 is 0 Å². The Morgan fingerprint density at radius 1 is 0.862 bits per heavy atom. The molecule has 3 aromatic rings. The maximum absolute atomic E-state index is 13.0. The lowest BCUT2D eigenvalue weighted by Gasteiger charge is -2.34. The van der Waals surface area contributed by atoms with E-state index in [1.807, 2.05) is 59.5 Å². The van der Waals surface area contributed by atoms with Crippen molar-refractivity contribution in [3.8, 4) is 5.69 Å². The lowest BCUT2D eigenvalue weighted by Crippen LogP contribution is -2.50. The minimum absolute atomic E-state index is 0.0223. The first-order valence-electron chi connectivity index (χ1n) is 9.92. The Morgan fingerprint density at radius 2 is 1.48 bits per heavy atom. The van der Waals surface area contributed by atoms with Crippen LogP contribution in [-0.4, -0.2) is 57.3 Å². The van der Waals surface area contributed by atoms with Crippen LogP contribution >= 0.6 is 0 Å². The molecular formula is C23H24N4O2. The number of para-hydroxylation sites is 1. The van der Waals surface area contributed by atoms with Gasteiger partial charge in [-0.1, -0.05) is 37.3 Å². The Bertz CT molecular complexity index is 987. The van der Waals surface area contributed by atoms with Gasteiger partial charge in [0.05, 0.1) is 12.5 Å². The summed E-state index contributed by atoms with van der Waals surface area (Å²) in [5.41, 5.74) is 3.35. The highest BCUT2D eigenvalue weighted by atomic mass is 16.2. The van der Waals surface area contributed by atoms with E-state index < -0.39 is 0 Å². The van der Waals surface area contributed by atoms with Crippen LogP contribution in [-0.2, 0) is 6.42 Å². The summed E-state index contributed by atoms with van der Waals surface area (Å²) in [7, 11) is 0. The molecule has 1 aliphatic rings. The summed E-state index contributed by atoms with van der Waals surface area (Å²) >= 11 is 0. The number of carbonyl (C=O) groups is 2. The normalized spacial score (nSPS) is 14.1. The first-order valence-corrected chi connectivity index (χ1v) is 9.92. The van der Waals surface area contributed by atoms with Crippen LogP contribution in [0.2, 0.25) is 0 Å². The number of piperazine rings is 1. The summed E-state index contributed by atoms with van der Waals surface area (Å²) in [5.74, 6) is -0.0418. The van der Waals surface area contributed by atoms with Gasteiger partial charge in [-0.25, -0.2) is 4.98 Å². The molecule has 2 heterocycles. The van der Waals surface area contributed by atoms with Gasteiger partial charge >= 0.3 is 0 Å². The van der Waals surface area contributed by atoms with Crippen LogP contribution in [0.5, 0.6) is 0 Å². The number of hydrogen-bond acceptors (Lipinski definition) is 3.